The maximum atomic E-state index is 5.53. The van der Waals surface area contributed by atoms with Gasteiger partial charge in [0.15, 0.2) is 5.96 Å². The summed E-state index contributed by atoms with van der Waals surface area (Å²) in [6.07, 6.45) is 1.13. The van der Waals surface area contributed by atoms with Crippen LogP contribution in [-0.2, 0) is 9.47 Å². The molecule has 0 aliphatic carbocycles. The molecule has 0 aromatic rings. The molecule has 25 heavy (non-hydrogen) atoms. The topological polar surface area (TPSA) is 61.4 Å². The molecule has 2 saturated heterocycles. The molecule has 2 heterocycles. The molecule has 0 spiro atoms. The predicted molar refractivity (Wildman–Crippen MR) is 102 cm³/mol. The monoisotopic (exact) mass is 355 g/mol. The molecule has 0 saturated carbocycles. The lowest BCUT2D eigenvalue weighted by Gasteiger charge is -2.37. The zero-order valence-electron chi connectivity index (χ0n) is 16.3. The second-order valence-electron chi connectivity index (χ2n) is 6.96. The Balaban J connectivity index is 1.69. The molecule has 2 aliphatic heterocycles. The molecule has 146 valence electrons. The third kappa shape index (κ3) is 7.48. The van der Waals surface area contributed by atoms with Gasteiger partial charge in [-0.1, -0.05) is 0 Å². The van der Waals surface area contributed by atoms with Crippen molar-refractivity contribution in [3.05, 3.63) is 0 Å². The SMILES string of the molecule is CCNC(=NCC(C)N1CCOCC1C)NCCCN1CCOCC1. The van der Waals surface area contributed by atoms with E-state index in [1.807, 2.05) is 0 Å². The first-order chi connectivity index (χ1) is 12.2. The maximum Gasteiger partial charge on any atom is 0.191 e. The quantitative estimate of drug-likeness (QED) is 0.373. The van der Waals surface area contributed by atoms with E-state index in [9.17, 15) is 0 Å². The van der Waals surface area contributed by atoms with E-state index in [1.54, 1.807) is 0 Å². The molecule has 2 atom stereocenters. The van der Waals surface area contributed by atoms with E-state index in [-0.39, 0.29) is 0 Å². The van der Waals surface area contributed by atoms with Crippen molar-refractivity contribution in [2.24, 2.45) is 4.99 Å². The highest BCUT2D eigenvalue weighted by atomic mass is 16.5. The van der Waals surface area contributed by atoms with Crippen molar-refractivity contribution in [3.8, 4) is 0 Å². The Kier molecular flexibility index (Phi) is 9.54. The first kappa shape index (κ1) is 20.4. The summed E-state index contributed by atoms with van der Waals surface area (Å²) in [5.41, 5.74) is 0. The number of aliphatic imine (C=N–C) groups is 1. The largest absolute Gasteiger partial charge is 0.379 e. The van der Waals surface area contributed by atoms with Gasteiger partial charge in [-0.2, -0.15) is 0 Å². The van der Waals surface area contributed by atoms with E-state index < -0.39 is 0 Å². The molecule has 0 amide bonds. The number of hydrogen-bond acceptors (Lipinski definition) is 5. The van der Waals surface area contributed by atoms with Crippen molar-refractivity contribution in [1.29, 1.82) is 0 Å². The summed E-state index contributed by atoms with van der Waals surface area (Å²) in [5, 5.41) is 6.82. The number of morpholine rings is 2. The molecule has 7 heteroatoms. The molecule has 2 unspecified atom stereocenters. The summed E-state index contributed by atoms with van der Waals surface area (Å²) < 4.78 is 10.9. The second-order valence-corrected chi connectivity index (χ2v) is 6.96. The van der Waals surface area contributed by atoms with Crippen LogP contribution in [0.3, 0.4) is 0 Å². The Morgan fingerprint density at radius 2 is 1.92 bits per heavy atom. The van der Waals surface area contributed by atoms with Crippen LogP contribution in [0.25, 0.3) is 0 Å². The highest BCUT2D eigenvalue weighted by Crippen LogP contribution is 2.10. The van der Waals surface area contributed by atoms with Crippen LogP contribution in [0.15, 0.2) is 4.99 Å². The average molecular weight is 356 g/mol. The van der Waals surface area contributed by atoms with Crippen LogP contribution >= 0.6 is 0 Å². The van der Waals surface area contributed by atoms with Crippen LogP contribution in [0.4, 0.5) is 0 Å². The molecule has 0 aromatic heterocycles. The van der Waals surface area contributed by atoms with Gasteiger partial charge in [0.05, 0.1) is 33.0 Å². The van der Waals surface area contributed by atoms with Crippen LogP contribution in [0.5, 0.6) is 0 Å². The second kappa shape index (κ2) is 11.7. The maximum absolute atomic E-state index is 5.53. The molecule has 0 aromatic carbocycles. The fourth-order valence-electron chi connectivity index (χ4n) is 3.40. The molecule has 2 N–H and O–H groups in total. The van der Waals surface area contributed by atoms with Crippen LogP contribution in [0, 0.1) is 0 Å². The molecule has 2 fully saturated rings. The van der Waals surface area contributed by atoms with E-state index in [0.717, 1.165) is 84.6 Å². The minimum absolute atomic E-state index is 0.433. The van der Waals surface area contributed by atoms with E-state index in [4.69, 9.17) is 14.5 Å². The zero-order valence-corrected chi connectivity index (χ0v) is 16.3. The van der Waals surface area contributed by atoms with E-state index in [2.05, 4.69) is 41.2 Å². The van der Waals surface area contributed by atoms with Crippen molar-refractivity contribution < 1.29 is 9.47 Å². The normalized spacial score (nSPS) is 24.9. The fourth-order valence-corrected chi connectivity index (χ4v) is 3.40. The first-order valence-corrected chi connectivity index (χ1v) is 9.86. The standard InChI is InChI=1S/C18H37N5O2/c1-4-19-18(20-6-5-7-22-8-11-24-12-9-22)21-14-16(2)23-10-13-25-15-17(23)3/h16-17H,4-15H2,1-3H3,(H2,19,20,21). The van der Waals surface area contributed by atoms with Crippen molar-refractivity contribution in [2.75, 3.05) is 72.2 Å². The zero-order chi connectivity index (χ0) is 17.9. The van der Waals surface area contributed by atoms with E-state index >= 15 is 0 Å². The number of rotatable bonds is 8. The van der Waals surface area contributed by atoms with Crippen molar-refractivity contribution >= 4 is 5.96 Å². The lowest BCUT2D eigenvalue weighted by atomic mass is 10.2. The van der Waals surface area contributed by atoms with E-state index in [1.165, 1.54) is 0 Å². The minimum Gasteiger partial charge on any atom is -0.379 e. The van der Waals surface area contributed by atoms with Crippen molar-refractivity contribution in [2.45, 2.75) is 39.3 Å². The predicted octanol–water partition coefficient (Wildman–Crippen LogP) is 0.373. The Morgan fingerprint density at radius 1 is 1.16 bits per heavy atom. The summed E-state index contributed by atoms with van der Waals surface area (Å²) in [6.45, 7) is 16.9. The van der Waals surface area contributed by atoms with Gasteiger partial charge < -0.3 is 20.1 Å². The molecular weight excluding hydrogens is 318 g/mol. The van der Waals surface area contributed by atoms with Gasteiger partial charge in [0.2, 0.25) is 0 Å². The van der Waals surface area contributed by atoms with Gasteiger partial charge in [0, 0.05) is 44.8 Å². The van der Waals surface area contributed by atoms with Crippen LogP contribution in [0.1, 0.15) is 27.2 Å². The van der Waals surface area contributed by atoms with Gasteiger partial charge in [-0.3, -0.25) is 14.8 Å². The average Bonchev–Trinajstić information content (AvgIpc) is 2.64. The molecule has 2 rings (SSSR count). The highest BCUT2D eigenvalue weighted by molar-refractivity contribution is 5.79. The molecular formula is C18H37N5O2. The van der Waals surface area contributed by atoms with Crippen LogP contribution < -0.4 is 10.6 Å². The summed E-state index contributed by atoms with van der Waals surface area (Å²) in [7, 11) is 0. The van der Waals surface area contributed by atoms with Crippen molar-refractivity contribution in [3.63, 3.8) is 0 Å². The van der Waals surface area contributed by atoms with Gasteiger partial charge in [-0.05, 0) is 33.7 Å². The smallest absolute Gasteiger partial charge is 0.191 e. The lowest BCUT2D eigenvalue weighted by Crippen LogP contribution is -2.49. The molecule has 7 nitrogen and oxygen atoms in total. The Labute approximate surface area is 153 Å². The molecule has 0 radical (unpaired) electrons. The number of nitrogens with zero attached hydrogens (tertiary/aromatic N) is 3. The van der Waals surface area contributed by atoms with Gasteiger partial charge in [0.25, 0.3) is 0 Å². The van der Waals surface area contributed by atoms with Gasteiger partial charge in [0.1, 0.15) is 0 Å². The van der Waals surface area contributed by atoms with E-state index in [0.29, 0.717) is 12.1 Å². The summed E-state index contributed by atoms with van der Waals surface area (Å²) in [5.74, 6) is 0.928. The third-order valence-electron chi connectivity index (χ3n) is 4.89. The fraction of sp³-hybridized carbons (Fsp3) is 0.944. The lowest BCUT2D eigenvalue weighted by molar-refractivity contribution is -0.0165. The van der Waals surface area contributed by atoms with Gasteiger partial charge >= 0.3 is 0 Å². The number of nitrogens with one attached hydrogen (secondary N) is 2. The molecule has 2 aliphatic rings. The van der Waals surface area contributed by atoms with Gasteiger partial charge in [-0.15, -0.1) is 0 Å². The Bertz CT molecular complexity index is 388. The van der Waals surface area contributed by atoms with Gasteiger partial charge in [-0.25, -0.2) is 0 Å². The number of guanidine groups is 1. The van der Waals surface area contributed by atoms with Crippen molar-refractivity contribution in [1.82, 2.24) is 20.4 Å². The number of hydrogen-bond donors (Lipinski definition) is 2. The first-order valence-electron chi connectivity index (χ1n) is 9.86. The Morgan fingerprint density at radius 3 is 2.64 bits per heavy atom. The Hall–Kier alpha value is -0.890. The summed E-state index contributed by atoms with van der Waals surface area (Å²) >= 11 is 0. The third-order valence-corrected chi connectivity index (χ3v) is 4.89. The summed E-state index contributed by atoms with van der Waals surface area (Å²) in [4.78, 5) is 9.75. The van der Waals surface area contributed by atoms with Crippen LogP contribution in [0.2, 0.25) is 0 Å². The molecule has 0 bridgehead atoms. The van der Waals surface area contributed by atoms with Crippen LogP contribution in [-0.4, -0.2) is 100 Å². The minimum atomic E-state index is 0.433. The highest BCUT2D eigenvalue weighted by Gasteiger charge is 2.23. The summed E-state index contributed by atoms with van der Waals surface area (Å²) in [6, 6.07) is 0.908. The number of ether oxygens (including phenoxy) is 2.